The van der Waals surface area contributed by atoms with Crippen molar-refractivity contribution >= 4 is 12.1 Å². The van der Waals surface area contributed by atoms with E-state index >= 15 is 0 Å². The summed E-state index contributed by atoms with van der Waals surface area (Å²) in [6.07, 6.45) is 12.5. The number of amides is 1. The van der Waals surface area contributed by atoms with Crippen LogP contribution in [0.5, 0.6) is 0 Å². The Morgan fingerprint density at radius 1 is 0.839 bits per heavy atom. The number of hydrogen-bond acceptors (Lipinski definition) is 4. The van der Waals surface area contributed by atoms with Crippen molar-refractivity contribution < 1.29 is 19.1 Å². The van der Waals surface area contributed by atoms with Gasteiger partial charge in [0.05, 0.1) is 6.61 Å². The van der Waals surface area contributed by atoms with Gasteiger partial charge in [-0.15, -0.1) is 0 Å². The number of nitrogens with one attached hydrogen (secondary N) is 1. The van der Waals surface area contributed by atoms with Gasteiger partial charge in [0.2, 0.25) is 0 Å². The largest absolute Gasteiger partial charge is 0.464 e. The molecule has 0 heterocycles. The molecule has 176 valence electrons. The van der Waals surface area contributed by atoms with Gasteiger partial charge in [-0.25, -0.2) is 9.59 Å². The van der Waals surface area contributed by atoms with E-state index in [-0.39, 0.29) is 18.5 Å². The van der Waals surface area contributed by atoms with Crippen molar-refractivity contribution in [1.29, 1.82) is 0 Å². The van der Waals surface area contributed by atoms with E-state index < -0.39 is 12.1 Å². The van der Waals surface area contributed by atoms with Crippen LogP contribution in [0.1, 0.15) is 97.0 Å². The van der Waals surface area contributed by atoms with Crippen molar-refractivity contribution in [2.75, 3.05) is 6.61 Å². The van der Waals surface area contributed by atoms with Gasteiger partial charge in [0.15, 0.2) is 0 Å². The summed E-state index contributed by atoms with van der Waals surface area (Å²) >= 11 is 0. The number of carbonyl (C=O) groups is 2. The molecule has 0 fully saturated rings. The maximum Gasteiger partial charge on any atom is 0.408 e. The number of esters is 1. The normalized spacial score (nSPS) is 12.7. The smallest absolute Gasteiger partial charge is 0.408 e. The Labute approximate surface area is 189 Å². The standard InChI is InChI=1S/C26H43NO4/c1-4-6-7-8-9-10-11-12-13-17-20-30-25(28)24(22(3)5-2)27-26(29)31-21-23-18-15-14-16-19-23/h14-16,18-19,22,24H,4-13,17,20-21H2,1-3H3,(H,27,29). The second kappa shape index (κ2) is 17.6. The molecule has 31 heavy (non-hydrogen) atoms. The van der Waals surface area contributed by atoms with Gasteiger partial charge >= 0.3 is 12.1 Å². The van der Waals surface area contributed by atoms with Gasteiger partial charge in [0.1, 0.15) is 12.6 Å². The third-order valence-corrected chi connectivity index (χ3v) is 5.70. The first kappa shape index (κ1) is 27.0. The molecule has 1 aromatic rings. The molecule has 5 nitrogen and oxygen atoms in total. The number of ether oxygens (including phenoxy) is 2. The molecule has 2 unspecified atom stereocenters. The predicted octanol–water partition coefficient (Wildman–Crippen LogP) is 6.79. The predicted molar refractivity (Wildman–Crippen MR) is 126 cm³/mol. The van der Waals surface area contributed by atoms with E-state index in [9.17, 15) is 9.59 Å². The quantitative estimate of drug-likeness (QED) is 0.217. The zero-order chi connectivity index (χ0) is 22.7. The van der Waals surface area contributed by atoms with Crippen molar-refractivity contribution in [3.63, 3.8) is 0 Å². The molecule has 0 radical (unpaired) electrons. The highest BCUT2D eigenvalue weighted by molar-refractivity contribution is 5.81. The Balaban J connectivity index is 2.22. The molecular weight excluding hydrogens is 390 g/mol. The molecule has 1 N–H and O–H groups in total. The van der Waals surface area contributed by atoms with Crippen molar-refractivity contribution in [3.05, 3.63) is 35.9 Å². The highest BCUT2D eigenvalue weighted by Crippen LogP contribution is 2.13. The SMILES string of the molecule is CCCCCCCCCCCCOC(=O)C(NC(=O)OCc1ccccc1)C(C)CC. The lowest BCUT2D eigenvalue weighted by Gasteiger charge is -2.22. The molecule has 1 rings (SSSR count). The fraction of sp³-hybridized carbons (Fsp3) is 0.692. The lowest BCUT2D eigenvalue weighted by molar-refractivity contribution is -0.147. The highest BCUT2D eigenvalue weighted by Gasteiger charge is 2.27. The minimum atomic E-state index is -0.684. The number of unbranched alkanes of at least 4 members (excludes halogenated alkanes) is 9. The Morgan fingerprint density at radius 2 is 1.42 bits per heavy atom. The van der Waals surface area contributed by atoms with E-state index in [2.05, 4.69) is 12.2 Å². The minimum absolute atomic E-state index is 0.0236. The van der Waals surface area contributed by atoms with Crippen molar-refractivity contribution in [1.82, 2.24) is 5.32 Å². The second-order valence-corrected chi connectivity index (χ2v) is 8.42. The Hall–Kier alpha value is -2.04. The molecular formula is C26H43NO4. The topological polar surface area (TPSA) is 64.6 Å². The van der Waals surface area contributed by atoms with E-state index in [4.69, 9.17) is 9.47 Å². The van der Waals surface area contributed by atoms with Crippen LogP contribution in [-0.4, -0.2) is 24.7 Å². The molecule has 0 saturated carbocycles. The molecule has 0 aliphatic carbocycles. The van der Waals surface area contributed by atoms with Crippen molar-refractivity contribution in [2.24, 2.45) is 5.92 Å². The fourth-order valence-electron chi connectivity index (χ4n) is 3.41. The van der Waals surface area contributed by atoms with E-state index in [0.717, 1.165) is 24.8 Å². The lowest BCUT2D eigenvalue weighted by Crippen LogP contribution is -2.46. The van der Waals surface area contributed by atoms with Gasteiger partial charge in [-0.2, -0.15) is 0 Å². The lowest BCUT2D eigenvalue weighted by atomic mass is 9.99. The molecule has 1 amide bonds. The Morgan fingerprint density at radius 3 is 2.00 bits per heavy atom. The zero-order valence-electron chi connectivity index (χ0n) is 19.9. The molecule has 2 atom stereocenters. The molecule has 0 aliphatic rings. The molecule has 0 aliphatic heterocycles. The minimum Gasteiger partial charge on any atom is -0.464 e. The molecule has 0 saturated heterocycles. The maximum absolute atomic E-state index is 12.5. The summed E-state index contributed by atoms with van der Waals surface area (Å²) in [5.41, 5.74) is 0.904. The van der Waals surface area contributed by atoms with Crippen LogP contribution >= 0.6 is 0 Å². The first-order chi connectivity index (χ1) is 15.1. The van der Waals surface area contributed by atoms with E-state index in [1.165, 1.54) is 51.4 Å². The van der Waals surface area contributed by atoms with E-state index in [1.54, 1.807) is 0 Å². The van der Waals surface area contributed by atoms with E-state index in [1.807, 2.05) is 44.2 Å². The molecule has 0 spiro atoms. The summed E-state index contributed by atoms with van der Waals surface area (Å²) in [7, 11) is 0. The number of rotatable bonds is 17. The third kappa shape index (κ3) is 13.1. The fourth-order valence-corrected chi connectivity index (χ4v) is 3.41. The summed E-state index contributed by atoms with van der Waals surface area (Å²) in [6.45, 7) is 6.75. The van der Waals surface area contributed by atoms with Crippen LogP contribution in [0.3, 0.4) is 0 Å². The average molecular weight is 434 g/mol. The Kier molecular flexibility index (Phi) is 15.3. The van der Waals surface area contributed by atoms with Gasteiger partial charge in [-0.3, -0.25) is 0 Å². The third-order valence-electron chi connectivity index (χ3n) is 5.70. The summed E-state index contributed by atoms with van der Waals surface area (Å²) in [6, 6.07) is 8.79. The molecule has 1 aromatic carbocycles. The average Bonchev–Trinajstić information content (AvgIpc) is 2.79. The molecule has 0 bridgehead atoms. The number of benzene rings is 1. The van der Waals surface area contributed by atoms with Crippen LogP contribution in [0.2, 0.25) is 0 Å². The zero-order valence-corrected chi connectivity index (χ0v) is 19.9. The summed E-state index contributed by atoms with van der Waals surface area (Å²) in [5, 5.41) is 2.69. The van der Waals surface area contributed by atoms with Gasteiger partial charge < -0.3 is 14.8 Å². The van der Waals surface area contributed by atoms with Crippen molar-refractivity contribution in [2.45, 2.75) is 104 Å². The van der Waals surface area contributed by atoms with Crippen molar-refractivity contribution in [3.8, 4) is 0 Å². The second-order valence-electron chi connectivity index (χ2n) is 8.42. The number of carbonyl (C=O) groups excluding carboxylic acids is 2. The number of hydrogen-bond donors (Lipinski definition) is 1. The summed E-state index contributed by atoms with van der Waals surface area (Å²) < 4.78 is 10.7. The first-order valence-corrected chi connectivity index (χ1v) is 12.2. The summed E-state index contributed by atoms with van der Waals surface area (Å²) in [4.78, 5) is 24.7. The first-order valence-electron chi connectivity index (χ1n) is 12.2. The number of alkyl carbamates (subject to hydrolysis) is 1. The van der Waals surface area contributed by atoms with Gasteiger partial charge in [0, 0.05) is 0 Å². The maximum atomic E-state index is 12.5. The van der Waals surface area contributed by atoms with Crippen LogP contribution in [0.4, 0.5) is 4.79 Å². The Bertz CT molecular complexity index is 590. The van der Waals surface area contributed by atoms with Crippen LogP contribution in [0, 0.1) is 5.92 Å². The van der Waals surface area contributed by atoms with Gasteiger partial charge in [-0.1, -0.05) is 115 Å². The monoisotopic (exact) mass is 433 g/mol. The molecule has 0 aromatic heterocycles. The van der Waals surface area contributed by atoms with Crippen LogP contribution in [0.25, 0.3) is 0 Å². The van der Waals surface area contributed by atoms with Crippen LogP contribution in [-0.2, 0) is 20.9 Å². The van der Waals surface area contributed by atoms with Gasteiger partial charge in [0.25, 0.3) is 0 Å². The highest BCUT2D eigenvalue weighted by atomic mass is 16.6. The van der Waals surface area contributed by atoms with E-state index in [0.29, 0.717) is 6.61 Å². The van der Waals surface area contributed by atoms with Crippen LogP contribution in [0.15, 0.2) is 30.3 Å². The van der Waals surface area contributed by atoms with Crippen LogP contribution < -0.4 is 5.32 Å². The summed E-state index contributed by atoms with van der Waals surface area (Å²) in [5.74, 6) is -0.397. The molecule has 5 heteroatoms. The van der Waals surface area contributed by atoms with Gasteiger partial charge in [-0.05, 0) is 17.9 Å².